The van der Waals surface area contributed by atoms with E-state index in [0.29, 0.717) is 32.7 Å². The van der Waals surface area contributed by atoms with Crippen LogP contribution < -0.4 is 14.4 Å². The van der Waals surface area contributed by atoms with Gasteiger partial charge in [0.15, 0.2) is 15.8 Å². The Morgan fingerprint density at radius 3 is 2.47 bits per heavy atom. The van der Waals surface area contributed by atoms with E-state index in [1.807, 2.05) is 30.3 Å². The molecule has 1 amide bonds. The van der Waals surface area contributed by atoms with Crippen molar-refractivity contribution < 1.29 is 24.2 Å². The minimum absolute atomic E-state index is 0.0558. The van der Waals surface area contributed by atoms with Crippen LogP contribution in [0.2, 0.25) is 0 Å². The van der Waals surface area contributed by atoms with E-state index in [0.717, 1.165) is 15.4 Å². The second-order valence-electron chi connectivity index (χ2n) is 9.57. The number of carbonyl (C=O) groups excluding carboxylic acids is 2. The summed E-state index contributed by atoms with van der Waals surface area (Å²) in [6.45, 7) is 0. The van der Waals surface area contributed by atoms with E-state index in [4.69, 9.17) is 9.47 Å². The van der Waals surface area contributed by atoms with Crippen molar-refractivity contribution in [2.75, 3.05) is 19.1 Å². The maximum Gasteiger partial charge on any atom is 0.301 e. The van der Waals surface area contributed by atoms with E-state index in [1.165, 1.54) is 47.6 Å². The summed E-state index contributed by atoms with van der Waals surface area (Å²) >= 11 is 6.18. The first-order chi connectivity index (χ1) is 20.9. The lowest BCUT2D eigenvalue weighted by molar-refractivity contribution is -0.132. The first kappa shape index (κ1) is 28.9. The van der Waals surface area contributed by atoms with E-state index < -0.39 is 17.7 Å². The molecule has 0 saturated carbocycles. The zero-order valence-electron chi connectivity index (χ0n) is 23.0. The van der Waals surface area contributed by atoms with E-state index in [9.17, 15) is 14.7 Å². The third-order valence-electron chi connectivity index (χ3n) is 7.12. The summed E-state index contributed by atoms with van der Waals surface area (Å²) in [4.78, 5) is 28.4. The van der Waals surface area contributed by atoms with Crippen LogP contribution in [0.5, 0.6) is 11.5 Å². The molecule has 2 heterocycles. The largest absolute Gasteiger partial charge is 0.507 e. The quantitative estimate of drug-likeness (QED) is 0.0598. The summed E-state index contributed by atoms with van der Waals surface area (Å²) < 4.78 is 12.2. The van der Waals surface area contributed by atoms with Gasteiger partial charge in [-0.25, -0.2) is 0 Å². The van der Waals surface area contributed by atoms with E-state index in [-0.39, 0.29) is 16.5 Å². The lowest BCUT2D eigenvalue weighted by atomic mass is 9.95. The summed E-state index contributed by atoms with van der Waals surface area (Å²) in [5.41, 5.74) is 2.04. The van der Waals surface area contributed by atoms with Crippen LogP contribution >= 0.6 is 39.0 Å². The number of Topliss-reactive ketones (excluding diaryl/α,β-unsaturated/α-hetero) is 1. The number of thioether (sulfide) groups is 1. The van der Waals surface area contributed by atoms with Gasteiger partial charge in [0, 0.05) is 15.8 Å². The number of halogens is 1. The number of ether oxygens (including phenoxy) is 2. The Hall–Kier alpha value is -4.19. The van der Waals surface area contributed by atoms with E-state index in [1.54, 1.807) is 30.3 Å². The molecule has 0 aliphatic carbocycles. The third-order valence-corrected chi connectivity index (χ3v) is 9.75. The number of aliphatic hydroxyl groups excluding tert-OH is 1. The van der Waals surface area contributed by atoms with E-state index in [2.05, 4.69) is 50.4 Å². The van der Waals surface area contributed by atoms with Gasteiger partial charge in [0.1, 0.15) is 5.76 Å². The molecule has 1 aliphatic rings. The lowest BCUT2D eigenvalue weighted by Gasteiger charge is -2.22. The van der Waals surface area contributed by atoms with Crippen LogP contribution in [0.25, 0.3) is 16.5 Å². The van der Waals surface area contributed by atoms with Crippen LogP contribution in [-0.2, 0) is 15.3 Å². The van der Waals surface area contributed by atoms with Gasteiger partial charge in [-0.05, 0) is 52.2 Å². The zero-order valence-corrected chi connectivity index (χ0v) is 26.2. The van der Waals surface area contributed by atoms with Gasteiger partial charge >= 0.3 is 5.91 Å². The molecule has 216 valence electrons. The Kier molecular flexibility index (Phi) is 8.20. The summed E-state index contributed by atoms with van der Waals surface area (Å²) in [7, 11) is 2.99. The van der Waals surface area contributed by atoms with Crippen molar-refractivity contribution in [3.8, 4) is 11.5 Å². The van der Waals surface area contributed by atoms with Crippen LogP contribution in [0.1, 0.15) is 22.7 Å². The normalized spacial score (nSPS) is 16.2. The number of hydrogen-bond donors (Lipinski definition) is 1. The average molecular weight is 675 g/mol. The van der Waals surface area contributed by atoms with Crippen LogP contribution in [0.3, 0.4) is 0 Å². The smallest absolute Gasteiger partial charge is 0.301 e. The number of methoxy groups -OCH3 is 2. The molecule has 43 heavy (non-hydrogen) atoms. The molecular weight excluding hydrogens is 650 g/mol. The van der Waals surface area contributed by atoms with Gasteiger partial charge in [-0.3, -0.25) is 14.5 Å². The second-order valence-corrected chi connectivity index (χ2v) is 12.7. The standard InChI is InChI=1S/C32H24BrN3O5S2/c1-40-24-15-12-20(16-25(24)41-2)28(37)26-27(19-10-13-22(33)14-11-19)36(30(39)29(26)38)31-34-35-32(43-31)42-17-21-8-5-7-18-6-3-4-9-23(18)21/h3-16,27,37H,17H2,1-2H3/b28-26+. The van der Waals surface area contributed by atoms with Crippen molar-refractivity contribution in [1.82, 2.24) is 10.2 Å². The minimum Gasteiger partial charge on any atom is -0.507 e. The maximum absolute atomic E-state index is 13.6. The Morgan fingerprint density at radius 2 is 1.70 bits per heavy atom. The zero-order chi connectivity index (χ0) is 30.1. The predicted molar refractivity (Wildman–Crippen MR) is 172 cm³/mol. The molecule has 5 aromatic rings. The van der Waals surface area contributed by atoms with Crippen LogP contribution in [0, 0.1) is 0 Å². The molecule has 8 nitrogen and oxygen atoms in total. The number of ketones is 1. The van der Waals surface area contributed by atoms with Gasteiger partial charge in [0.25, 0.3) is 5.78 Å². The highest BCUT2D eigenvalue weighted by Gasteiger charge is 2.48. The highest BCUT2D eigenvalue weighted by atomic mass is 79.9. The minimum atomic E-state index is -0.926. The second kappa shape index (κ2) is 12.2. The molecule has 1 N–H and O–H groups in total. The van der Waals surface area contributed by atoms with E-state index >= 15 is 0 Å². The van der Waals surface area contributed by atoms with Gasteiger partial charge in [0.2, 0.25) is 5.13 Å². The number of amides is 1. The lowest BCUT2D eigenvalue weighted by Crippen LogP contribution is -2.29. The van der Waals surface area contributed by atoms with Crippen molar-refractivity contribution in [2.24, 2.45) is 0 Å². The van der Waals surface area contributed by atoms with Gasteiger partial charge in [0.05, 0.1) is 25.8 Å². The summed E-state index contributed by atoms with van der Waals surface area (Å²) in [5.74, 6) is -0.448. The number of carbonyl (C=O) groups is 2. The maximum atomic E-state index is 13.6. The molecule has 0 bridgehead atoms. The molecular formula is C32H24BrN3O5S2. The van der Waals surface area contributed by atoms with Crippen molar-refractivity contribution in [1.29, 1.82) is 0 Å². The van der Waals surface area contributed by atoms with Gasteiger partial charge < -0.3 is 14.6 Å². The Bertz CT molecular complexity index is 1880. The Balaban J connectivity index is 1.38. The molecule has 1 aliphatic heterocycles. The monoisotopic (exact) mass is 673 g/mol. The highest BCUT2D eigenvalue weighted by molar-refractivity contribution is 9.10. The fourth-order valence-electron chi connectivity index (χ4n) is 5.05. The van der Waals surface area contributed by atoms with Crippen LogP contribution in [-0.4, -0.2) is 41.2 Å². The number of hydrogen-bond acceptors (Lipinski definition) is 9. The Morgan fingerprint density at radius 1 is 0.953 bits per heavy atom. The topological polar surface area (TPSA) is 102 Å². The van der Waals surface area contributed by atoms with Gasteiger partial charge in [-0.15, -0.1) is 10.2 Å². The van der Waals surface area contributed by atoms with Crippen LogP contribution in [0.15, 0.2) is 99.3 Å². The number of rotatable bonds is 8. The molecule has 1 fully saturated rings. The summed E-state index contributed by atoms with van der Waals surface area (Å²) in [6, 6.07) is 25.5. The van der Waals surface area contributed by atoms with Crippen molar-refractivity contribution >= 4 is 72.4 Å². The summed E-state index contributed by atoms with van der Waals surface area (Å²) in [6.07, 6.45) is 0. The van der Waals surface area contributed by atoms with Gasteiger partial charge in [-0.2, -0.15) is 0 Å². The van der Waals surface area contributed by atoms with Crippen molar-refractivity contribution in [3.63, 3.8) is 0 Å². The highest BCUT2D eigenvalue weighted by Crippen LogP contribution is 2.45. The number of benzene rings is 4. The molecule has 0 spiro atoms. The fourth-order valence-corrected chi connectivity index (χ4v) is 7.18. The number of aliphatic hydroxyl groups is 1. The Labute approximate surface area is 264 Å². The predicted octanol–water partition coefficient (Wildman–Crippen LogP) is 7.39. The van der Waals surface area contributed by atoms with Crippen molar-refractivity contribution in [2.45, 2.75) is 16.1 Å². The fraction of sp³-hybridized carbons (Fsp3) is 0.125. The number of aromatic nitrogens is 2. The number of anilines is 1. The average Bonchev–Trinajstić information content (AvgIpc) is 3.61. The first-order valence-corrected chi connectivity index (χ1v) is 15.7. The third kappa shape index (κ3) is 5.51. The molecule has 4 aromatic carbocycles. The van der Waals surface area contributed by atoms with Crippen molar-refractivity contribution in [3.05, 3.63) is 112 Å². The SMILES string of the molecule is COc1ccc(/C(O)=C2\C(=O)C(=O)N(c3nnc(SCc4cccc5ccccc45)s3)C2c2ccc(Br)cc2)cc1OC. The number of fused-ring (bicyclic) bond motifs is 1. The molecule has 6 rings (SSSR count). The molecule has 1 atom stereocenters. The molecule has 11 heteroatoms. The number of nitrogens with zero attached hydrogens (tertiary/aromatic N) is 3. The van der Waals surface area contributed by atoms with Gasteiger partial charge in [-0.1, -0.05) is 93.6 Å². The summed E-state index contributed by atoms with van der Waals surface area (Å²) in [5, 5.41) is 22.7. The molecule has 1 saturated heterocycles. The molecule has 1 aromatic heterocycles. The van der Waals surface area contributed by atoms with Crippen LogP contribution in [0.4, 0.5) is 5.13 Å². The molecule has 1 unspecified atom stereocenters. The molecule has 0 radical (unpaired) electrons. The first-order valence-electron chi connectivity index (χ1n) is 13.1.